The van der Waals surface area contributed by atoms with Crippen LogP contribution >= 0.6 is 11.8 Å². The average molecular weight is 296 g/mol. The average Bonchev–Trinajstić information content (AvgIpc) is 3.17. The van der Waals surface area contributed by atoms with Gasteiger partial charge in [-0.15, -0.1) is 11.8 Å². The third-order valence-electron chi connectivity index (χ3n) is 3.39. The van der Waals surface area contributed by atoms with E-state index in [1.807, 2.05) is 0 Å². The van der Waals surface area contributed by atoms with E-state index < -0.39 is 12.7 Å². The number of halogens is 3. The molecular weight excluding hydrogens is 277 g/mol. The van der Waals surface area contributed by atoms with Crippen molar-refractivity contribution in [3.8, 4) is 0 Å². The molecule has 0 radical (unpaired) electrons. The topological polar surface area (TPSA) is 32.3 Å². The number of rotatable bonds is 5. The Balaban J connectivity index is 1.78. The predicted molar refractivity (Wildman–Crippen MR) is 69.1 cm³/mol. The quantitative estimate of drug-likeness (QED) is 0.842. The Hall–Kier alpha value is -0.430. The van der Waals surface area contributed by atoms with Crippen molar-refractivity contribution >= 4 is 17.7 Å². The normalized spacial score (nSPS) is 21.4. The Morgan fingerprint density at radius 1 is 1.21 bits per heavy atom. The van der Waals surface area contributed by atoms with Crippen molar-refractivity contribution in [2.75, 3.05) is 25.4 Å². The fourth-order valence-corrected chi connectivity index (χ4v) is 3.35. The summed E-state index contributed by atoms with van der Waals surface area (Å²) in [5, 5.41) is 3.63. The fraction of sp³-hybridized carbons (Fsp3) is 0.917. The highest BCUT2D eigenvalue weighted by Gasteiger charge is 2.40. The van der Waals surface area contributed by atoms with Gasteiger partial charge in [0.1, 0.15) is 6.54 Å². The van der Waals surface area contributed by atoms with Crippen molar-refractivity contribution < 1.29 is 18.0 Å². The summed E-state index contributed by atoms with van der Waals surface area (Å²) in [4.78, 5) is 13.0. The Kier molecular flexibility index (Phi) is 5.00. The molecule has 110 valence electrons. The van der Waals surface area contributed by atoms with Crippen molar-refractivity contribution in [3.63, 3.8) is 0 Å². The summed E-state index contributed by atoms with van der Waals surface area (Å²) >= 11 is 1.51. The number of hydrogen-bond acceptors (Lipinski definition) is 3. The number of nitrogens with one attached hydrogen (secondary N) is 1. The summed E-state index contributed by atoms with van der Waals surface area (Å²) in [5.74, 6) is -0.180. The first kappa shape index (κ1) is 15.0. The summed E-state index contributed by atoms with van der Waals surface area (Å²) < 4.78 is 37.3. The van der Waals surface area contributed by atoms with Crippen molar-refractivity contribution in [2.45, 2.75) is 43.2 Å². The van der Waals surface area contributed by atoms with Crippen molar-refractivity contribution in [1.29, 1.82) is 0 Å². The van der Waals surface area contributed by atoms with Crippen LogP contribution in [0.4, 0.5) is 13.2 Å². The van der Waals surface area contributed by atoms with Crippen LogP contribution in [-0.4, -0.2) is 53.7 Å². The molecular formula is C12H19F3N2OS. The van der Waals surface area contributed by atoms with E-state index in [2.05, 4.69) is 5.32 Å². The smallest absolute Gasteiger partial charge is 0.330 e. The molecule has 1 aliphatic heterocycles. The van der Waals surface area contributed by atoms with Gasteiger partial charge < -0.3 is 10.2 Å². The van der Waals surface area contributed by atoms with Gasteiger partial charge in [0.05, 0.1) is 5.75 Å². The van der Waals surface area contributed by atoms with Gasteiger partial charge >= 0.3 is 6.18 Å². The number of thioether (sulfide) groups is 1. The molecule has 1 saturated heterocycles. The standard InChI is InChI=1S/C12H19F3N2OS/c13-12(14,15)8-17(9-1-2-9)11(18)7-19-10-3-5-16-6-4-10/h9-10,16H,1-8H2. The molecule has 0 unspecified atom stereocenters. The maximum Gasteiger partial charge on any atom is 0.406 e. The highest BCUT2D eigenvalue weighted by molar-refractivity contribution is 8.00. The second-order valence-corrected chi connectivity index (χ2v) is 6.42. The largest absolute Gasteiger partial charge is 0.406 e. The number of amides is 1. The Labute approximate surface area is 115 Å². The van der Waals surface area contributed by atoms with Gasteiger partial charge in [-0.2, -0.15) is 13.2 Å². The molecule has 0 aromatic rings. The summed E-state index contributed by atoms with van der Waals surface area (Å²) in [7, 11) is 0. The second-order valence-electron chi connectivity index (χ2n) is 5.13. The van der Waals surface area contributed by atoms with E-state index in [0.29, 0.717) is 18.1 Å². The number of alkyl halides is 3. The van der Waals surface area contributed by atoms with Gasteiger partial charge in [0.25, 0.3) is 0 Å². The van der Waals surface area contributed by atoms with E-state index in [1.54, 1.807) is 0 Å². The maximum atomic E-state index is 12.4. The number of hydrogen-bond donors (Lipinski definition) is 1. The van der Waals surface area contributed by atoms with Gasteiger partial charge in [-0.05, 0) is 38.8 Å². The van der Waals surface area contributed by atoms with Crippen molar-refractivity contribution in [2.24, 2.45) is 0 Å². The van der Waals surface area contributed by atoms with Gasteiger partial charge in [0, 0.05) is 11.3 Å². The van der Waals surface area contributed by atoms with E-state index in [1.165, 1.54) is 11.8 Å². The van der Waals surface area contributed by atoms with E-state index in [0.717, 1.165) is 30.8 Å². The maximum absolute atomic E-state index is 12.4. The van der Waals surface area contributed by atoms with Gasteiger partial charge in [-0.1, -0.05) is 0 Å². The molecule has 19 heavy (non-hydrogen) atoms. The molecule has 0 aromatic heterocycles. The molecule has 3 nitrogen and oxygen atoms in total. The minimum Gasteiger partial charge on any atom is -0.330 e. The number of carbonyl (C=O) groups is 1. The first-order chi connectivity index (χ1) is 8.96. The lowest BCUT2D eigenvalue weighted by Crippen LogP contribution is -2.42. The Bertz CT molecular complexity index is 315. The van der Waals surface area contributed by atoms with Crippen molar-refractivity contribution in [3.05, 3.63) is 0 Å². The van der Waals surface area contributed by atoms with Gasteiger partial charge in [0.15, 0.2) is 0 Å². The van der Waals surface area contributed by atoms with Crippen LogP contribution in [0.25, 0.3) is 0 Å². The molecule has 0 spiro atoms. The SMILES string of the molecule is O=C(CSC1CCNCC1)N(CC(F)(F)F)C1CC1. The van der Waals surface area contributed by atoms with Crippen LogP contribution in [-0.2, 0) is 4.79 Å². The molecule has 2 rings (SSSR count). The van der Waals surface area contributed by atoms with E-state index >= 15 is 0 Å². The third kappa shape index (κ3) is 5.22. The van der Waals surface area contributed by atoms with Gasteiger partial charge in [-0.25, -0.2) is 0 Å². The molecule has 1 saturated carbocycles. The minimum absolute atomic E-state index is 0.178. The van der Waals surface area contributed by atoms with Gasteiger partial charge in [-0.3, -0.25) is 4.79 Å². The second kappa shape index (κ2) is 6.35. The highest BCUT2D eigenvalue weighted by atomic mass is 32.2. The minimum atomic E-state index is -4.29. The molecule has 2 aliphatic rings. The molecule has 1 N–H and O–H groups in total. The highest BCUT2D eigenvalue weighted by Crippen LogP contribution is 2.31. The zero-order valence-corrected chi connectivity index (χ0v) is 11.5. The molecule has 1 amide bonds. The van der Waals surface area contributed by atoms with Crippen LogP contribution in [0.2, 0.25) is 0 Å². The van der Waals surface area contributed by atoms with E-state index in [-0.39, 0.29) is 17.7 Å². The third-order valence-corrected chi connectivity index (χ3v) is 4.74. The first-order valence-electron chi connectivity index (χ1n) is 6.64. The molecule has 2 fully saturated rings. The molecule has 0 bridgehead atoms. The molecule has 0 aromatic carbocycles. The summed E-state index contributed by atoms with van der Waals surface area (Å²) in [6, 6.07) is -0.178. The molecule has 0 atom stereocenters. The number of carbonyl (C=O) groups excluding carboxylic acids is 1. The summed E-state index contributed by atoms with van der Waals surface area (Å²) in [6.45, 7) is 0.769. The lowest BCUT2D eigenvalue weighted by molar-refractivity contribution is -0.160. The van der Waals surface area contributed by atoms with Crippen molar-refractivity contribution in [1.82, 2.24) is 10.2 Å². The fourth-order valence-electron chi connectivity index (χ4n) is 2.23. The van der Waals surface area contributed by atoms with E-state index in [9.17, 15) is 18.0 Å². The lowest BCUT2D eigenvalue weighted by Gasteiger charge is -2.26. The van der Waals surface area contributed by atoms with E-state index in [4.69, 9.17) is 0 Å². The summed E-state index contributed by atoms with van der Waals surface area (Å²) in [5.41, 5.74) is 0. The van der Waals surface area contributed by atoms with Crippen LogP contribution < -0.4 is 5.32 Å². The Morgan fingerprint density at radius 2 is 1.84 bits per heavy atom. The number of nitrogens with zero attached hydrogens (tertiary/aromatic N) is 1. The van der Waals surface area contributed by atoms with Crippen LogP contribution in [0, 0.1) is 0 Å². The summed E-state index contributed by atoms with van der Waals surface area (Å²) in [6.07, 6.45) is -0.904. The zero-order chi connectivity index (χ0) is 13.9. The monoisotopic (exact) mass is 296 g/mol. The zero-order valence-electron chi connectivity index (χ0n) is 10.7. The molecule has 1 heterocycles. The van der Waals surface area contributed by atoms with Crippen LogP contribution in [0.1, 0.15) is 25.7 Å². The number of piperidine rings is 1. The lowest BCUT2D eigenvalue weighted by atomic mass is 10.2. The van der Waals surface area contributed by atoms with Crippen LogP contribution in [0.3, 0.4) is 0 Å². The first-order valence-corrected chi connectivity index (χ1v) is 7.69. The molecule has 7 heteroatoms. The Morgan fingerprint density at radius 3 is 2.37 bits per heavy atom. The van der Waals surface area contributed by atoms with Crippen LogP contribution in [0.15, 0.2) is 0 Å². The molecule has 1 aliphatic carbocycles. The van der Waals surface area contributed by atoms with Gasteiger partial charge in [0.2, 0.25) is 5.91 Å². The predicted octanol–water partition coefficient (Wildman–Crippen LogP) is 2.02. The van der Waals surface area contributed by atoms with Crippen LogP contribution in [0.5, 0.6) is 0 Å².